The fourth-order valence-corrected chi connectivity index (χ4v) is 5.41. The van der Waals surface area contributed by atoms with Gasteiger partial charge in [-0.25, -0.2) is 4.98 Å². The molecule has 1 fully saturated rings. The first-order valence-electron chi connectivity index (χ1n) is 10.1. The lowest BCUT2D eigenvalue weighted by Gasteiger charge is -2.34. The van der Waals surface area contributed by atoms with Gasteiger partial charge in [0.2, 0.25) is 0 Å². The second-order valence-corrected chi connectivity index (χ2v) is 8.66. The van der Waals surface area contributed by atoms with Gasteiger partial charge in [-0.2, -0.15) is 0 Å². The summed E-state index contributed by atoms with van der Waals surface area (Å²) >= 11 is 1.40. The van der Waals surface area contributed by atoms with Crippen LogP contribution in [0, 0.1) is 6.92 Å². The van der Waals surface area contributed by atoms with E-state index >= 15 is 0 Å². The summed E-state index contributed by atoms with van der Waals surface area (Å²) in [6.45, 7) is 9.31. The van der Waals surface area contributed by atoms with Crippen molar-refractivity contribution >= 4 is 27.5 Å². The van der Waals surface area contributed by atoms with E-state index < -0.39 is 0 Å². The average molecular weight is 389 g/mol. The third kappa shape index (κ3) is 3.43. The maximum atomic E-state index is 13.1. The topological polar surface area (TPSA) is 58.4 Å². The number of aromatic nitrogens is 2. The number of carbonyl (C=O) groups excluding carboxylic acids is 1. The van der Waals surface area contributed by atoms with Gasteiger partial charge in [-0.1, -0.05) is 13.3 Å². The highest BCUT2D eigenvalue weighted by Crippen LogP contribution is 2.29. The van der Waals surface area contributed by atoms with Crippen molar-refractivity contribution in [1.29, 1.82) is 0 Å². The third-order valence-electron chi connectivity index (χ3n) is 5.81. The van der Waals surface area contributed by atoms with Gasteiger partial charge in [-0.15, -0.1) is 11.3 Å². The van der Waals surface area contributed by atoms with Crippen LogP contribution in [-0.2, 0) is 13.0 Å². The molecule has 6 nitrogen and oxygen atoms in total. The van der Waals surface area contributed by atoms with Crippen molar-refractivity contribution in [2.24, 2.45) is 0 Å². The van der Waals surface area contributed by atoms with Crippen LogP contribution in [0.5, 0.6) is 0 Å². The van der Waals surface area contributed by atoms with Crippen molar-refractivity contribution in [1.82, 2.24) is 19.4 Å². The van der Waals surface area contributed by atoms with Crippen LogP contribution in [0.25, 0.3) is 10.2 Å². The molecule has 0 aliphatic carbocycles. The van der Waals surface area contributed by atoms with E-state index in [1.54, 1.807) is 0 Å². The predicted molar refractivity (Wildman–Crippen MR) is 109 cm³/mol. The number of rotatable bonds is 3. The molecule has 0 saturated carbocycles. The monoisotopic (exact) mass is 388 g/mol. The molecule has 146 valence electrons. The standard InChI is InChI=1S/C20H28N4O2S/c1-3-8-22-10-12-23(13-11-22)20(26)17-14(2)16-18(27-17)21-15-7-5-4-6-9-24(15)19(16)25/h3-13H2,1-2H3. The van der Waals surface area contributed by atoms with Crippen LogP contribution in [0.2, 0.25) is 0 Å². The van der Waals surface area contributed by atoms with Crippen molar-refractivity contribution < 1.29 is 4.79 Å². The van der Waals surface area contributed by atoms with Crippen molar-refractivity contribution in [2.45, 2.75) is 52.5 Å². The average Bonchev–Trinajstić information content (AvgIpc) is 2.84. The number of carbonyl (C=O) groups is 1. The molecule has 0 spiro atoms. The van der Waals surface area contributed by atoms with Gasteiger partial charge in [-0.05, 0) is 38.3 Å². The highest BCUT2D eigenvalue weighted by atomic mass is 32.1. The Morgan fingerprint density at radius 2 is 1.89 bits per heavy atom. The zero-order valence-electron chi connectivity index (χ0n) is 16.3. The lowest BCUT2D eigenvalue weighted by atomic mass is 10.2. The number of piperazine rings is 1. The summed E-state index contributed by atoms with van der Waals surface area (Å²) in [6, 6.07) is 0. The van der Waals surface area contributed by atoms with Crippen LogP contribution in [0.1, 0.15) is 53.7 Å². The highest BCUT2D eigenvalue weighted by Gasteiger charge is 2.27. The second-order valence-electron chi connectivity index (χ2n) is 7.67. The fraction of sp³-hybridized carbons (Fsp3) is 0.650. The van der Waals surface area contributed by atoms with Crippen molar-refractivity contribution in [3.05, 3.63) is 26.6 Å². The van der Waals surface area contributed by atoms with Gasteiger partial charge in [0.15, 0.2) is 0 Å². The van der Waals surface area contributed by atoms with Gasteiger partial charge >= 0.3 is 0 Å². The zero-order valence-corrected chi connectivity index (χ0v) is 17.1. The minimum Gasteiger partial charge on any atom is -0.335 e. The summed E-state index contributed by atoms with van der Waals surface area (Å²) in [7, 11) is 0. The number of hydrogen-bond donors (Lipinski definition) is 0. The van der Waals surface area contributed by atoms with E-state index in [9.17, 15) is 9.59 Å². The Bertz CT molecular complexity index is 909. The van der Waals surface area contributed by atoms with Gasteiger partial charge in [0.25, 0.3) is 11.5 Å². The summed E-state index contributed by atoms with van der Waals surface area (Å²) in [5.41, 5.74) is 0.852. The lowest BCUT2D eigenvalue weighted by Crippen LogP contribution is -2.48. The van der Waals surface area contributed by atoms with E-state index in [0.717, 1.165) is 87.6 Å². The van der Waals surface area contributed by atoms with Crippen LogP contribution < -0.4 is 5.56 Å². The van der Waals surface area contributed by atoms with Gasteiger partial charge in [0.1, 0.15) is 10.7 Å². The molecule has 2 aliphatic heterocycles. The van der Waals surface area contributed by atoms with E-state index in [1.807, 2.05) is 16.4 Å². The molecule has 2 aromatic rings. The van der Waals surface area contributed by atoms with E-state index in [4.69, 9.17) is 4.98 Å². The van der Waals surface area contributed by atoms with E-state index in [2.05, 4.69) is 11.8 Å². The molecule has 0 N–H and O–H groups in total. The molecule has 0 radical (unpaired) electrons. The molecule has 2 aromatic heterocycles. The van der Waals surface area contributed by atoms with Crippen molar-refractivity contribution in [2.75, 3.05) is 32.7 Å². The maximum absolute atomic E-state index is 13.1. The normalized spacial score (nSPS) is 18.5. The van der Waals surface area contributed by atoms with E-state index in [0.29, 0.717) is 10.3 Å². The molecular weight excluding hydrogens is 360 g/mol. The smallest absolute Gasteiger partial charge is 0.264 e. The Labute approximate surface area is 163 Å². The molecule has 27 heavy (non-hydrogen) atoms. The number of hydrogen-bond acceptors (Lipinski definition) is 5. The Morgan fingerprint density at radius 1 is 1.11 bits per heavy atom. The minimum atomic E-state index is 0.0393. The summed E-state index contributed by atoms with van der Waals surface area (Å²) in [5.74, 6) is 0.949. The van der Waals surface area contributed by atoms with E-state index in [-0.39, 0.29) is 11.5 Å². The van der Waals surface area contributed by atoms with E-state index in [1.165, 1.54) is 11.3 Å². The van der Waals surface area contributed by atoms with Gasteiger partial charge in [0, 0.05) is 39.1 Å². The molecule has 4 heterocycles. The van der Waals surface area contributed by atoms with Crippen LogP contribution in [0.3, 0.4) is 0 Å². The fourth-order valence-electron chi connectivity index (χ4n) is 4.25. The number of fused-ring (bicyclic) bond motifs is 2. The van der Waals surface area contributed by atoms with Gasteiger partial charge in [-0.3, -0.25) is 19.1 Å². The van der Waals surface area contributed by atoms with Crippen LogP contribution >= 0.6 is 11.3 Å². The van der Waals surface area contributed by atoms with Crippen LogP contribution in [0.15, 0.2) is 4.79 Å². The minimum absolute atomic E-state index is 0.0393. The summed E-state index contributed by atoms with van der Waals surface area (Å²) in [6.07, 6.45) is 5.24. The van der Waals surface area contributed by atoms with Crippen LogP contribution in [0.4, 0.5) is 0 Å². The molecule has 7 heteroatoms. The van der Waals surface area contributed by atoms with Crippen LogP contribution in [-0.4, -0.2) is 58.0 Å². The number of aryl methyl sites for hydroxylation is 2. The Hall–Kier alpha value is -1.73. The predicted octanol–water partition coefficient (Wildman–Crippen LogP) is 2.66. The number of amides is 1. The largest absolute Gasteiger partial charge is 0.335 e. The van der Waals surface area contributed by atoms with Gasteiger partial charge in [0.05, 0.1) is 10.3 Å². The molecule has 2 aliphatic rings. The third-order valence-corrected chi connectivity index (χ3v) is 6.98. The molecule has 1 saturated heterocycles. The first-order valence-corrected chi connectivity index (χ1v) is 11.0. The molecule has 0 aromatic carbocycles. The summed E-state index contributed by atoms with van der Waals surface area (Å²) < 4.78 is 1.84. The second kappa shape index (κ2) is 7.72. The Kier molecular flexibility index (Phi) is 5.32. The Morgan fingerprint density at radius 3 is 2.63 bits per heavy atom. The molecule has 4 rings (SSSR count). The Balaban J connectivity index is 1.65. The van der Waals surface area contributed by atoms with Crippen molar-refractivity contribution in [3.63, 3.8) is 0 Å². The molecule has 0 atom stereocenters. The first kappa shape index (κ1) is 18.6. The molecular formula is C20H28N4O2S. The molecule has 0 unspecified atom stereocenters. The summed E-state index contributed by atoms with van der Waals surface area (Å²) in [4.78, 5) is 36.8. The highest BCUT2D eigenvalue weighted by molar-refractivity contribution is 7.20. The quantitative estimate of drug-likeness (QED) is 0.811. The maximum Gasteiger partial charge on any atom is 0.264 e. The zero-order chi connectivity index (χ0) is 19.0. The SMILES string of the molecule is CCCN1CCN(C(=O)c2sc3nc4n(c(=O)c3c2C)CCCCC4)CC1. The lowest BCUT2D eigenvalue weighted by molar-refractivity contribution is 0.0642. The first-order chi connectivity index (χ1) is 13.1. The number of nitrogens with zero attached hydrogens (tertiary/aromatic N) is 4. The van der Waals surface area contributed by atoms with Gasteiger partial charge < -0.3 is 4.90 Å². The number of thiophene rings is 1. The summed E-state index contributed by atoms with van der Waals surface area (Å²) in [5, 5.41) is 0.651. The molecule has 0 bridgehead atoms. The molecule has 1 amide bonds. The van der Waals surface area contributed by atoms with Crippen molar-refractivity contribution in [3.8, 4) is 0 Å².